The average Bonchev–Trinajstić information content (AvgIpc) is 2.20. The van der Waals surface area contributed by atoms with E-state index < -0.39 is 16.9 Å². The Labute approximate surface area is 96.5 Å². The number of hydrogen-bond acceptors (Lipinski definition) is 4. The summed E-state index contributed by atoms with van der Waals surface area (Å²) in [5.74, 6) is -0.593. The highest BCUT2D eigenvalue weighted by Gasteiger charge is 2.17. The number of carbonyl (C=O) groups is 1. The zero-order chi connectivity index (χ0) is 12.3. The van der Waals surface area contributed by atoms with Gasteiger partial charge in [-0.3, -0.25) is 14.9 Å². The highest BCUT2D eigenvalue weighted by atomic mass is 35.5. The Morgan fingerprint density at radius 1 is 1.62 bits per heavy atom. The minimum absolute atomic E-state index is 0.194. The van der Waals surface area contributed by atoms with Crippen LogP contribution in [0.4, 0.5) is 11.4 Å². The third-order valence-corrected chi connectivity index (χ3v) is 2.19. The van der Waals surface area contributed by atoms with Gasteiger partial charge >= 0.3 is 0 Å². The van der Waals surface area contributed by atoms with Crippen LogP contribution in [-0.2, 0) is 4.79 Å². The molecule has 1 aromatic carbocycles. The number of primary amides is 1. The summed E-state index contributed by atoms with van der Waals surface area (Å²) < 4.78 is 0. The number of nitro benzene ring substituents is 1. The summed E-state index contributed by atoms with van der Waals surface area (Å²) in [5.41, 5.74) is 5.06. The number of nitrogens with zero attached hydrogens (tertiary/aromatic N) is 1. The van der Waals surface area contributed by atoms with Gasteiger partial charge in [0.1, 0.15) is 11.7 Å². The van der Waals surface area contributed by atoms with E-state index in [0.717, 1.165) is 0 Å². The van der Waals surface area contributed by atoms with E-state index in [1.165, 1.54) is 25.1 Å². The Hall–Kier alpha value is -1.82. The first-order valence-corrected chi connectivity index (χ1v) is 4.79. The molecule has 3 N–H and O–H groups in total. The first-order valence-electron chi connectivity index (χ1n) is 4.41. The molecular formula is C9H10ClN3O3. The summed E-state index contributed by atoms with van der Waals surface area (Å²) in [5, 5.41) is 13.6. The second-order valence-corrected chi connectivity index (χ2v) is 3.62. The molecule has 0 aliphatic carbocycles. The monoisotopic (exact) mass is 243 g/mol. The molecule has 1 amide bonds. The fourth-order valence-corrected chi connectivity index (χ4v) is 1.25. The van der Waals surface area contributed by atoms with Gasteiger partial charge in [0, 0.05) is 11.1 Å². The smallest absolute Gasteiger partial charge is 0.293 e. The molecule has 0 aromatic heterocycles. The lowest BCUT2D eigenvalue weighted by molar-refractivity contribution is -0.384. The predicted molar refractivity (Wildman–Crippen MR) is 60.4 cm³/mol. The SMILES string of the molecule is C[C@@H](Nc1ccc(Cl)cc1[N+](=O)[O-])C(N)=O. The summed E-state index contributed by atoms with van der Waals surface area (Å²) in [7, 11) is 0. The number of carbonyl (C=O) groups excluding carboxylic acids is 1. The topological polar surface area (TPSA) is 98.3 Å². The molecule has 0 aliphatic heterocycles. The van der Waals surface area contributed by atoms with Gasteiger partial charge in [-0.15, -0.1) is 0 Å². The summed E-state index contributed by atoms with van der Waals surface area (Å²) in [4.78, 5) is 21.0. The molecule has 0 fully saturated rings. The first-order chi connectivity index (χ1) is 7.41. The van der Waals surface area contributed by atoms with Crippen molar-refractivity contribution in [2.45, 2.75) is 13.0 Å². The summed E-state index contributed by atoms with van der Waals surface area (Å²) >= 11 is 5.64. The van der Waals surface area contributed by atoms with Crippen molar-refractivity contribution in [3.05, 3.63) is 33.3 Å². The van der Waals surface area contributed by atoms with Crippen molar-refractivity contribution in [2.24, 2.45) is 5.73 Å². The zero-order valence-corrected chi connectivity index (χ0v) is 9.19. The maximum absolute atomic E-state index is 10.8. The number of nitro groups is 1. The second-order valence-electron chi connectivity index (χ2n) is 3.19. The van der Waals surface area contributed by atoms with Crippen molar-refractivity contribution in [3.8, 4) is 0 Å². The van der Waals surface area contributed by atoms with Crippen molar-refractivity contribution < 1.29 is 9.72 Å². The number of benzene rings is 1. The van der Waals surface area contributed by atoms with E-state index in [1.807, 2.05) is 0 Å². The van der Waals surface area contributed by atoms with Gasteiger partial charge in [-0.2, -0.15) is 0 Å². The lowest BCUT2D eigenvalue weighted by Gasteiger charge is -2.11. The number of nitrogens with two attached hydrogens (primary N) is 1. The molecule has 0 bridgehead atoms. The van der Waals surface area contributed by atoms with E-state index >= 15 is 0 Å². The Bertz CT molecular complexity index is 436. The van der Waals surface area contributed by atoms with Gasteiger partial charge in [-0.1, -0.05) is 11.6 Å². The van der Waals surface area contributed by atoms with Gasteiger partial charge in [0.15, 0.2) is 0 Å². The molecule has 0 saturated heterocycles. The standard InChI is InChI=1S/C9H10ClN3O3/c1-5(9(11)14)12-7-3-2-6(10)4-8(7)13(15)16/h2-5,12H,1H3,(H2,11,14)/t5-/m1/s1. The van der Waals surface area contributed by atoms with E-state index in [2.05, 4.69) is 5.32 Å². The number of halogens is 1. The highest BCUT2D eigenvalue weighted by molar-refractivity contribution is 6.30. The zero-order valence-electron chi connectivity index (χ0n) is 8.44. The largest absolute Gasteiger partial charge is 0.368 e. The van der Waals surface area contributed by atoms with Crippen LogP contribution in [0.5, 0.6) is 0 Å². The van der Waals surface area contributed by atoms with Crippen LogP contribution in [0, 0.1) is 10.1 Å². The molecule has 0 aliphatic rings. The molecule has 16 heavy (non-hydrogen) atoms. The normalized spacial score (nSPS) is 11.9. The van der Waals surface area contributed by atoms with E-state index in [1.54, 1.807) is 0 Å². The minimum atomic E-state index is -0.695. The molecule has 0 unspecified atom stereocenters. The maximum Gasteiger partial charge on any atom is 0.293 e. The summed E-state index contributed by atoms with van der Waals surface area (Å²) in [6.45, 7) is 1.51. The number of nitrogens with one attached hydrogen (secondary N) is 1. The predicted octanol–water partition coefficient (Wildman–Crippen LogP) is 1.53. The van der Waals surface area contributed by atoms with Crippen molar-refractivity contribution in [2.75, 3.05) is 5.32 Å². The number of hydrogen-bond donors (Lipinski definition) is 2. The van der Waals surface area contributed by atoms with Crippen LogP contribution in [0.1, 0.15) is 6.92 Å². The average molecular weight is 244 g/mol. The number of rotatable bonds is 4. The quantitative estimate of drug-likeness (QED) is 0.619. The Morgan fingerprint density at radius 3 is 2.75 bits per heavy atom. The molecule has 7 heteroatoms. The van der Waals surface area contributed by atoms with Crippen LogP contribution in [0.25, 0.3) is 0 Å². The number of amides is 1. The Kier molecular flexibility index (Phi) is 3.68. The molecule has 0 heterocycles. The Balaban J connectivity index is 3.04. The summed E-state index contributed by atoms with van der Waals surface area (Å²) in [6.07, 6.45) is 0. The molecule has 86 valence electrons. The van der Waals surface area contributed by atoms with Crippen LogP contribution >= 0.6 is 11.6 Å². The molecule has 0 saturated carbocycles. The Morgan fingerprint density at radius 2 is 2.25 bits per heavy atom. The van der Waals surface area contributed by atoms with Crippen molar-refractivity contribution in [1.82, 2.24) is 0 Å². The van der Waals surface area contributed by atoms with E-state index in [9.17, 15) is 14.9 Å². The third-order valence-electron chi connectivity index (χ3n) is 1.96. The van der Waals surface area contributed by atoms with Gasteiger partial charge in [-0.05, 0) is 19.1 Å². The van der Waals surface area contributed by atoms with Crippen molar-refractivity contribution in [1.29, 1.82) is 0 Å². The first kappa shape index (κ1) is 12.3. The van der Waals surface area contributed by atoms with Gasteiger partial charge in [0.2, 0.25) is 5.91 Å². The van der Waals surface area contributed by atoms with Crippen LogP contribution in [0.2, 0.25) is 5.02 Å². The number of anilines is 1. The van der Waals surface area contributed by atoms with Crippen molar-refractivity contribution in [3.63, 3.8) is 0 Å². The van der Waals surface area contributed by atoms with Crippen LogP contribution in [0.3, 0.4) is 0 Å². The molecule has 1 atom stereocenters. The summed E-state index contributed by atoms with van der Waals surface area (Å²) in [6, 6.07) is 3.43. The molecule has 1 rings (SSSR count). The lowest BCUT2D eigenvalue weighted by atomic mass is 10.2. The van der Waals surface area contributed by atoms with Crippen molar-refractivity contribution >= 4 is 28.9 Å². The van der Waals surface area contributed by atoms with Crippen LogP contribution in [-0.4, -0.2) is 16.9 Å². The molecule has 0 spiro atoms. The fraction of sp³-hybridized carbons (Fsp3) is 0.222. The molecule has 1 aromatic rings. The van der Waals surface area contributed by atoms with Gasteiger partial charge in [-0.25, -0.2) is 0 Å². The minimum Gasteiger partial charge on any atom is -0.368 e. The third kappa shape index (κ3) is 2.83. The highest BCUT2D eigenvalue weighted by Crippen LogP contribution is 2.28. The molecular weight excluding hydrogens is 234 g/mol. The van der Waals surface area contributed by atoms with Crippen LogP contribution < -0.4 is 11.1 Å². The van der Waals surface area contributed by atoms with Gasteiger partial charge < -0.3 is 11.1 Å². The second kappa shape index (κ2) is 4.80. The van der Waals surface area contributed by atoms with Gasteiger partial charge in [0.25, 0.3) is 5.69 Å². The molecule has 0 radical (unpaired) electrons. The lowest BCUT2D eigenvalue weighted by Crippen LogP contribution is -2.32. The van der Waals surface area contributed by atoms with Gasteiger partial charge in [0.05, 0.1) is 4.92 Å². The molecule has 6 nitrogen and oxygen atoms in total. The van der Waals surface area contributed by atoms with E-state index in [-0.39, 0.29) is 16.4 Å². The van der Waals surface area contributed by atoms with E-state index in [4.69, 9.17) is 17.3 Å². The van der Waals surface area contributed by atoms with Crippen LogP contribution in [0.15, 0.2) is 18.2 Å². The van der Waals surface area contributed by atoms with E-state index in [0.29, 0.717) is 0 Å². The maximum atomic E-state index is 10.8. The fourth-order valence-electron chi connectivity index (χ4n) is 1.08.